The summed E-state index contributed by atoms with van der Waals surface area (Å²) in [5.41, 5.74) is 2.45. The summed E-state index contributed by atoms with van der Waals surface area (Å²) in [6.45, 7) is 2.87. The maximum atomic E-state index is 5.61. The Labute approximate surface area is 108 Å². The molecule has 0 radical (unpaired) electrons. The van der Waals surface area contributed by atoms with Crippen molar-refractivity contribution in [3.8, 4) is 0 Å². The maximum absolute atomic E-state index is 5.61. The van der Waals surface area contributed by atoms with Gasteiger partial charge in [0.1, 0.15) is 6.10 Å². The van der Waals surface area contributed by atoms with E-state index in [0.717, 1.165) is 18.5 Å². The van der Waals surface area contributed by atoms with Crippen molar-refractivity contribution in [2.24, 2.45) is 0 Å². The van der Waals surface area contributed by atoms with Crippen LogP contribution in [-0.4, -0.2) is 13.6 Å². The van der Waals surface area contributed by atoms with Gasteiger partial charge in [0.2, 0.25) is 6.13 Å². The molecule has 0 aliphatic carbocycles. The molecule has 16 heavy (non-hydrogen) atoms. The Bertz CT molecular complexity index is 360. The molecule has 0 spiro atoms. The van der Waals surface area contributed by atoms with Gasteiger partial charge in [-0.2, -0.15) is 4.52 Å². The van der Waals surface area contributed by atoms with Crippen LogP contribution in [0.1, 0.15) is 24.2 Å². The molecule has 1 rings (SSSR count). The van der Waals surface area contributed by atoms with Crippen LogP contribution in [0.3, 0.4) is 0 Å². The molecule has 2 nitrogen and oxygen atoms in total. The van der Waals surface area contributed by atoms with Crippen LogP contribution in [0.25, 0.3) is 0 Å². The molecule has 1 aromatic carbocycles. The predicted molar refractivity (Wildman–Crippen MR) is 75.2 cm³/mol. The van der Waals surface area contributed by atoms with Crippen LogP contribution in [0.2, 0.25) is 0 Å². The van der Waals surface area contributed by atoms with Crippen LogP contribution in [0.4, 0.5) is 0 Å². The quantitative estimate of drug-likeness (QED) is 0.635. The molecule has 2 atom stereocenters. The maximum Gasteiger partial charge on any atom is 0.202 e. The SMILES string of the molecule is CCc1cccc(C(CNC)O[P+](=S)[S-])c1. The molecule has 2 unspecified atom stereocenters. The molecule has 1 aromatic rings. The van der Waals surface area contributed by atoms with Gasteiger partial charge < -0.3 is 17.6 Å². The van der Waals surface area contributed by atoms with E-state index >= 15 is 0 Å². The minimum Gasteiger partial charge on any atom is -0.441 e. The summed E-state index contributed by atoms with van der Waals surface area (Å²) in [7, 11) is 1.90. The molecule has 88 valence electrons. The van der Waals surface area contributed by atoms with Crippen molar-refractivity contribution in [1.82, 2.24) is 5.32 Å². The van der Waals surface area contributed by atoms with Crippen molar-refractivity contribution < 1.29 is 4.52 Å². The first kappa shape index (κ1) is 14.1. The summed E-state index contributed by atoms with van der Waals surface area (Å²) in [6.07, 6.45) is -0.168. The van der Waals surface area contributed by atoms with Crippen molar-refractivity contribution in [2.75, 3.05) is 13.6 Å². The molecule has 0 heterocycles. The summed E-state index contributed by atoms with van der Waals surface area (Å²) in [5.74, 6) is 0. The fourth-order valence-corrected chi connectivity index (χ4v) is 2.55. The zero-order valence-corrected chi connectivity index (χ0v) is 12.0. The van der Waals surface area contributed by atoms with E-state index < -0.39 is 6.13 Å². The third-order valence-corrected chi connectivity index (χ3v) is 3.28. The van der Waals surface area contributed by atoms with E-state index in [1.54, 1.807) is 0 Å². The number of rotatable bonds is 6. The first-order chi connectivity index (χ1) is 7.67. The Morgan fingerprint density at radius 3 is 2.88 bits per heavy atom. The van der Waals surface area contributed by atoms with E-state index in [-0.39, 0.29) is 6.10 Å². The number of nitrogens with one attached hydrogen (secondary N) is 1. The van der Waals surface area contributed by atoms with Crippen LogP contribution in [0.15, 0.2) is 24.3 Å². The second-order valence-corrected chi connectivity index (χ2v) is 6.82. The predicted octanol–water partition coefficient (Wildman–Crippen LogP) is 2.85. The van der Waals surface area contributed by atoms with E-state index in [4.69, 9.17) is 28.6 Å². The standard InChI is InChI=1S/C11H16NOPS2/c1-3-9-5-4-6-10(7-9)11(8-12-2)13-14(15)16/h4-7,11-12H,3,8H2,1-2H3. The van der Waals surface area contributed by atoms with Gasteiger partial charge in [-0.25, -0.2) is 0 Å². The van der Waals surface area contributed by atoms with Gasteiger partial charge in [-0.05, 0) is 24.6 Å². The molecule has 0 bridgehead atoms. The van der Waals surface area contributed by atoms with E-state index in [2.05, 4.69) is 36.5 Å². The average molecular weight is 273 g/mol. The molecular weight excluding hydrogens is 257 g/mol. The zero-order valence-electron chi connectivity index (χ0n) is 9.47. The second kappa shape index (κ2) is 7.36. The van der Waals surface area contributed by atoms with Crippen LogP contribution >= 0.6 is 6.13 Å². The molecule has 0 aromatic heterocycles. The monoisotopic (exact) mass is 273 g/mol. The highest BCUT2D eigenvalue weighted by molar-refractivity contribution is 8.45. The number of hydrogen-bond donors (Lipinski definition) is 1. The molecule has 0 amide bonds. The lowest BCUT2D eigenvalue weighted by molar-refractivity contribution is 0.241. The lowest BCUT2D eigenvalue weighted by Crippen LogP contribution is -2.18. The lowest BCUT2D eigenvalue weighted by Gasteiger charge is -2.14. The third-order valence-electron chi connectivity index (χ3n) is 2.33. The van der Waals surface area contributed by atoms with Crippen molar-refractivity contribution >= 4 is 30.2 Å². The van der Waals surface area contributed by atoms with E-state index in [0.29, 0.717) is 0 Å². The van der Waals surface area contributed by atoms with Gasteiger partial charge in [0, 0.05) is 6.54 Å². The van der Waals surface area contributed by atoms with Crippen LogP contribution in [0.5, 0.6) is 0 Å². The van der Waals surface area contributed by atoms with Gasteiger partial charge >= 0.3 is 0 Å². The van der Waals surface area contributed by atoms with E-state index in [1.165, 1.54) is 5.56 Å². The van der Waals surface area contributed by atoms with Crippen LogP contribution < -0.4 is 5.32 Å². The molecule has 0 aliphatic rings. The fourth-order valence-electron chi connectivity index (χ4n) is 1.52. The largest absolute Gasteiger partial charge is 0.441 e. The van der Waals surface area contributed by atoms with Crippen LogP contribution in [0, 0.1) is 0 Å². The van der Waals surface area contributed by atoms with E-state index in [1.807, 2.05) is 7.05 Å². The van der Waals surface area contributed by atoms with Gasteiger partial charge in [-0.3, -0.25) is 0 Å². The van der Waals surface area contributed by atoms with Gasteiger partial charge in [0.25, 0.3) is 0 Å². The minimum atomic E-state index is -1.16. The first-order valence-electron chi connectivity index (χ1n) is 5.22. The summed E-state index contributed by atoms with van der Waals surface area (Å²) >= 11 is 9.92. The number of aryl methyl sites for hydroxylation is 1. The highest BCUT2D eigenvalue weighted by Gasteiger charge is 2.15. The Morgan fingerprint density at radius 2 is 2.31 bits per heavy atom. The highest BCUT2D eigenvalue weighted by atomic mass is 32.9. The number of likely N-dealkylation sites (N-methyl/N-ethyl adjacent to an activating group) is 1. The van der Waals surface area contributed by atoms with Crippen molar-refractivity contribution in [2.45, 2.75) is 19.4 Å². The summed E-state index contributed by atoms with van der Waals surface area (Å²) in [4.78, 5) is 0. The summed E-state index contributed by atoms with van der Waals surface area (Å²) in [5, 5.41) is 3.10. The topological polar surface area (TPSA) is 21.3 Å². The number of hydrogen-bond acceptors (Lipinski definition) is 4. The highest BCUT2D eigenvalue weighted by Crippen LogP contribution is 2.30. The molecule has 0 saturated carbocycles. The van der Waals surface area contributed by atoms with E-state index in [9.17, 15) is 0 Å². The van der Waals surface area contributed by atoms with Gasteiger partial charge in [-0.15, -0.1) is 0 Å². The van der Waals surface area contributed by atoms with Crippen molar-refractivity contribution in [1.29, 1.82) is 0 Å². The molecule has 1 N–H and O–H groups in total. The molecule has 0 fully saturated rings. The summed E-state index contributed by atoms with van der Waals surface area (Å²) in [6, 6.07) is 8.38. The van der Waals surface area contributed by atoms with Gasteiger partial charge in [0.05, 0.1) is 0 Å². The normalized spacial score (nSPS) is 13.6. The van der Waals surface area contributed by atoms with Gasteiger partial charge in [-0.1, -0.05) is 31.2 Å². The fraction of sp³-hybridized carbons (Fsp3) is 0.455. The second-order valence-electron chi connectivity index (χ2n) is 3.47. The Morgan fingerprint density at radius 1 is 1.56 bits per heavy atom. The molecule has 0 aliphatic heterocycles. The Hall–Kier alpha value is 0.01000. The summed E-state index contributed by atoms with van der Waals surface area (Å²) < 4.78 is 5.61. The molecule has 0 saturated heterocycles. The molecular formula is C11H16NOPS2. The zero-order chi connectivity index (χ0) is 12.0. The minimum absolute atomic E-state index is 0.0300. The third kappa shape index (κ3) is 4.48. The average Bonchev–Trinajstić information content (AvgIpc) is 2.28. The Balaban J connectivity index is 2.86. The van der Waals surface area contributed by atoms with Crippen LogP contribution in [-0.2, 0) is 35.0 Å². The van der Waals surface area contributed by atoms with Crippen molar-refractivity contribution in [3.05, 3.63) is 35.4 Å². The van der Waals surface area contributed by atoms with Crippen molar-refractivity contribution in [3.63, 3.8) is 0 Å². The lowest BCUT2D eigenvalue weighted by atomic mass is 10.0. The smallest absolute Gasteiger partial charge is 0.202 e. The first-order valence-corrected chi connectivity index (χ1v) is 8.50. The Kier molecular flexibility index (Phi) is 6.47. The number of benzene rings is 1. The molecule has 5 heteroatoms. The van der Waals surface area contributed by atoms with Gasteiger partial charge in [0.15, 0.2) is 11.8 Å².